The molecule has 4 nitrogen and oxygen atoms in total. The Bertz CT molecular complexity index is 446. The highest BCUT2D eigenvalue weighted by Gasteiger charge is 2.21. The molecule has 2 rings (SSSR count). The van der Waals surface area contributed by atoms with Crippen LogP contribution >= 0.6 is 11.6 Å². The van der Waals surface area contributed by atoms with Crippen LogP contribution in [0, 0.1) is 0 Å². The zero-order valence-electron chi connectivity index (χ0n) is 11.9. The highest BCUT2D eigenvalue weighted by molar-refractivity contribution is 6.33. The van der Waals surface area contributed by atoms with Gasteiger partial charge in [-0.2, -0.15) is 0 Å². The second-order valence-electron chi connectivity index (χ2n) is 5.07. The molecule has 0 atom stereocenters. The lowest BCUT2D eigenvalue weighted by Crippen LogP contribution is -2.46. The number of nitrogens with zero attached hydrogens (tertiary/aromatic N) is 1. The topological polar surface area (TPSA) is 44.4 Å². The van der Waals surface area contributed by atoms with Crippen LogP contribution in [0.3, 0.4) is 0 Å². The molecule has 0 unspecified atom stereocenters. The van der Waals surface area contributed by atoms with Gasteiger partial charge in [0.15, 0.2) is 0 Å². The third-order valence-electron chi connectivity index (χ3n) is 3.73. The van der Waals surface area contributed by atoms with Crippen molar-refractivity contribution in [3.63, 3.8) is 0 Å². The van der Waals surface area contributed by atoms with Gasteiger partial charge in [-0.3, -0.25) is 9.69 Å². The fourth-order valence-corrected chi connectivity index (χ4v) is 2.79. The summed E-state index contributed by atoms with van der Waals surface area (Å²) in [5.41, 5.74) is 0.681. The molecule has 5 heteroatoms. The average molecular weight is 296 g/mol. The molecule has 110 valence electrons. The molecule has 20 heavy (non-hydrogen) atoms. The summed E-state index contributed by atoms with van der Waals surface area (Å²) >= 11 is 6.05. The van der Waals surface area contributed by atoms with Gasteiger partial charge in [0.05, 0.1) is 17.3 Å². The van der Waals surface area contributed by atoms with Crippen LogP contribution in [0.4, 0.5) is 5.69 Å². The number of anilines is 1. The Balaban J connectivity index is 1.90. The molecule has 1 heterocycles. The fraction of sp³-hybridized carbons (Fsp3) is 0.533. The number of carbonyl (C=O) groups excluding carboxylic acids is 1. The molecule has 2 N–H and O–H groups in total. The van der Waals surface area contributed by atoms with Gasteiger partial charge in [-0.1, -0.05) is 30.7 Å². The monoisotopic (exact) mass is 295 g/mol. The van der Waals surface area contributed by atoms with Crippen LogP contribution in [-0.2, 0) is 4.79 Å². The molecule has 1 saturated heterocycles. The lowest BCUT2D eigenvalue weighted by Gasteiger charge is -2.33. The zero-order valence-corrected chi connectivity index (χ0v) is 12.6. The van der Waals surface area contributed by atoms with Gasteiger partial charge in [-0.15, -0.1) is 0 Å². The molecule has 1 aromatic carbocycles. The van der Waals surface area contributed by atoms with E-state index >= 15 is 0 Å². The summed E-state index contributed by atoms with van der Waals surface area (Å²) in [5, 5.41) is 6.81. The van der Waals surface area contributed by atoms with Crippen LogP contribution in [0.2, 0.25) is 5.02 Å². The molecule has 1 amide bonds. The predicted octanol–water partition coefficient (Wildman–Crippen LogP) is 2.35. The smallest absolute Gasteiger partial charge is 0.238 e. The van der Waals surface area contributed by atoms with Gasteiger partial charge < -0.3 is 10.6 Å². The van der Waals surface area contributed by atoms with E-state index in [1.807, 2.05) is 18.2 Å². The zero-order chi connectivity index (χ0) is 14.4. The Morgan fingerprint density at radius 2 is 2.10 bits per heavy atom. The van der Waals surface area contributed by atoms with E-state index in [1.54, 1.807) is 6.07 Å². The van der Waals surface area contributed by atoms with E-state index in [2.05, 4.69) is 22.5 Å². The Kier molecular flexibility index (Phi) is 5.83. The van der Waals surface area contributed by atoms with Gasteiger partial charge in [-0.05, 0) is 44.6 Å². The van der Waals surface area contributed by atoms with Crippen molar-refractivity contribution >= 4 is 23.2 Å². The number of hydrogen-bond donors (Lipinski definition) is 2. The highest BCUT2D eigenvalue weighted by atomic mass is 35.5. The molecule has 0 radical (unpaired) electrons. The van der Waals surface area contributed by atoms with Crippen molar-refractivity contribution < 1.29 is 4.79 Å². The Hall–Kier alpha value is -1.10. The number of rotatable bonds is 5. The first-order chi connectivity index (χ1) is 9.70. The number of hydrogen-bond acceptors (Lipinski definition) is 3. The number of benzene rings is 1. The maximum atomic E-state index is 12.1. The van der Waals surface area contributed by atoms with Gasteiger partial charge in [0.25, 0.3) is 0 Å². The summed E-state index contributed by atoms with van der Waals surface area (Å²) in [7, 11) is 0. The summed E-state index contributed by atoms with van der Waals surface area (Å²) in [5.74, 6) is -0.00140. The van der Waals surface area contributed by atoms with Crippen molar-refractivity contribution in [2.24, 2.45) is 0 Å². The molecule has 0 bridgehead atoms. The van der Waals surface area contributed by atoms with Crippen LogP contribution in [0.5, 0.6) is 0 Å². The van der Waals surface area contributed by atoms with Crippen molar-refractivity contribution in [2.75, 3.05) is 31.5 Å². The Morgan fingerprint density at radius 1 is 1.40 bits per heavy atom. The largest absolute Gasteiger partial charge is 0.324 e. The van der Waals surface area contributed by atoms with Crippen LogP contribution < -0.4 is 10.6 Å². The minimum absolute atomic E-state index is 0.00140. The van der Waals surface area contributed by atoms with E-state index < -0.39 is 0 Å². The molecule has 1 aliphatic heterocycles. The first-order valence-electron chi connectivity index (χ1n) is 7.20. The first-order valence-corrected chi connectivity index (χ1v) is 7.57. The lowest BCUT2D eigenvalue weighted by molar-refractivity contribution is -0.118. The van der Waals surface area contributed by atoms with E-state index in [0.717, 1.165) is 32.5 Å². The number of likely N-dealkylation sites (N-methyl/N-ethyl adjacent to an activating group) is 1. The number of amides is 1. The van der Waals surface area contributed by atoms with E-state index in [9.17, 15) is 4.79 Å². The van der Waals surface area contributed by atoms with Crippen molar-refractivity contribution in [2.45, 2.75) is 25.8 Å². The number of halogens is 1. The molecular formula is C15H22ClN3O. The van der Waals surface area contributed by atoms with Crippen LogP contribution in [-0.4, -0.2) is 43.0 Å². The van der Waals surface area contributed by atoms with Crippen LogP contribution in [0.1, 0.15) is 19.8 Å². The maximum Gasteiger partial charge on any atom is 0.238 e. The van der Waals surface area contributed by atoms with Crippen molar-refractivity contribution in [1.29, 1.82) is 0 Å². The predicted molar refractivity (Wildman–Crippen MR) is 83.2 cm³/mol. The normalized spacial score (nSPS) is 16.4. The SMILES string of the molecule is CCN(CC(=O)Nc1ccccc1Cl)C1CCNCC1. The Morgan fingerprint density at radius 3 is 2.75 bits per heavy atom. The van der Waals surface area contributed by atoms with Gasteiger partial charge in [0.1, 0.15) is 0 Å². The third-order valence-corrected chi connectivity index (χ3v) is 4.06. The number of piperidine rings is 1. The third kappa shape index (κ3) is 4.20. The summed E-state index contributed by atoms with van der Waals surface area (Å²) in [6, 6.07) is 7.82. The minimum Gasteiger partial charge on any atom is -0.324 e. The number of para-hydroxylation sites is 1. The van der Waals surface area contributed by atoms with Gasteiger partial charge >= 0.3 is 0 Å². The van der Waals surface area contributed by atoms with E-state index in [-0.39, 0.29) is 5.91 Å². The fourth-order valence-electron chi connectivity index (χ4n) is 2.61. The molecule has 0 saturated carbocycles. The van der Waals surface area contributed by atoms with Crippen molar-refractivity contribution in [3.05, 3.63) is 29.3 Å². The van der Waals surface area contributed by atoms with Crippen LogP contribution in [0.25, 0.3) is 0 Å². The van der Waals surface area contributed by atoms with Crippen molar-refractivity contribution in [3.8, 4) is 0 Å². The van der Waals surface area contributed by atoms with E-state index in [0.29, 0.717) is 23.3 Å². The van der Waals surface area contributed by atoms with E-state index in [1.165, 1.54) is 0 Å². The first kappa shape index (κ1) is 15.3. The molecule has 0 aromatic heterocycles. The lowest BCUT2D eigenvalue weighted by atomic mass is 10.0. The number of carbonyl (C=O) groups is 1. The molecule has 1 aromatic rings. The van der Waals surface area contributed by atoms with Gasteiger partial charge in [0.2, 0.25) is 5.91 Å². The molecule has 0 spiro atoms. The minimum atomic E-state index is -0.00140. The summed E-state index contributed by atoms with van der Waals surface area (Å²) in [6.45, 7) is 5.48. The molecule has 0 aliphatic carbocycles. The van der Waals surface area contributed by atoms with Gasteiger partial charge in [-0.25, -0.2) is 0 Å². The second-order valence-corrected chi connectivity index (χ2v) is 5.48. The summed E-state index contributed by atoms with van der Waals surface area (Å²) in [6.07, 6.45) is 2.21. The summed E-state index contributed by atoms with van der Waals surface area (Å²) < 4.78 is 0. The Labute approximate surface area is 125 Å². The standard InChI is InChI=1S/C15H22ClN3O/c1-2-19(12-7-9-17-10-8-12)11-15(20)18-14-6-4-3-5-13(14)16/h3-6,12,17H,2,7-11H2,1H3,(H,18,20). The van der Waals surface area contributed by atoms with Crippen molar-refractivity contribution in [1.82, 2.24) is 10.2 Å². The molecule has 1 fully saturated rings. The molecule has 1 aliphatic rings. The number of nitrogens with one attached hydrogen (secondary N) is 2. The van der Waals surface area contributed by atoms with Gasteiger partial charge in [0, 0.05) is 6.04 Å². The van der Waals surface area contributed by atoms with Crippen LogP contribution in [0.15, 0.2) is 24.3 Å². The maximum absolute atomic E-state index is 12.1. The molecular weight excluding hydrogens is 274 g/mol. The second kappa shape index (κ2) is 7.62. The highest BCUT2D eigenvalue weighted by Crippen LogP contribution is 2.20. The van der Waals surface area contributed by atoms with E-state index in [4.69, 9.17) is 11.6 Å². The summed E-state index contributed by atoms with van der Waals surface area (Å²) in [4.78, 5) is 14.4. The quantitative estimate of drug-likeness (QED) is 0.876. The average Bonchev–Trinajstić information content (AvgIpc) is 2.48.